The van der Waals surface area contributed by atoms with Crippen molar-refractivity contribution in [2.75, 3.05) is 23.7 Å². The molecule has 45 heavy (non-hydrogen) atoms. The zero-order valence-electron chi connectivity index (χ0n) is 25.6. The van der Waals surface area contributed by atoms with Crippen LogP contribution in [0.15, 0.2) is 113 Å². The van der Waals surface area contributed by atoms with Gasteiger partial charge in [0.15, 0.2) is 0 Å². The fourth-order valence-electron chi connectivity index (χ4n) is 4.87. The third-order valence-corrected chi connectivity index (χ3v) is 10.1. The van der Waals surface area contributed by atoms with Crippen molar-refractivity contribution in [3.05, 3.63) is 125 Å². The first kappa shape index (κ1) is 34.1. The number of carbonyl (C=O) groups is 2. The Morgan fingerprint density at radius 2 is 1.56 bits per heavy atom. The maximum Gasteiger partial charge on any atom is 0.264 e. The van der Waals surface area contributed by atoms with E-state index in [1.807, 2.05) is 56.5 Å². The van der Waals surface area contributed by atoms with Crippen LogP contribution in [0, 0.1) is 6.92 Å². The van der Waals surface area contributed by atoms with Crippen molar-refractivity contribution >= 4 is 50.9 Å². The van der Waals surface area contributed by atoms with Crippen LogP contribution in [-0.2, 0) is 32.6 Å². The molecular formula is C35H38ClN3O4S2. The fraction of sp³-hybridized carbons (Fsp3) is 0.257. The lowest BCUT2D eigenvalue weighted by Crippen LogP contribution is -2.53. The van der Waals surface area contributed by atoms with E-state index in [0.717, 1.165) is 32.3 Å². The number of hydrogen-bond acceptors (Lipinski definition) is 5. The van der Waals surface area contributed by atoms with E-state index in [1.54, 1.807) is 66.7 Å². The van der Waals surface area contributed by atoms with E-state index in [-0.39, 0.29) is 23.8 Å². The Labute approximate surface area is 275 Å². The summed E-state index contributed by atoms with van der Waals surface area (Å²) in [5.74, 6) is -0.832. The maximum atomic E-state index is 14.5. The predicted octanol–water partition coefficient (Wildman–Crippen LogP) is 6.73. The average Bonchev–Trinajstić information content (AvgIpc) is 3.05. The Hall–Kier alpha value is -3.79. The molecule has 0 unspecified atom stereocenters. The largest absolute Gasteiger partial charge is 0.354 e. The summed E-state index contributed by atoms with van der Waals surface area (Å²) in [6.07, 6.45) is 2.88. The predicted molar refractivity (Wildman–Crippen MR) is 183 cm³/mol. The number of anilines is 1. The van der Waals surface area contributed by atoms with Crippen LogP contribution < -0.4 is 9.62 Å². The van der Waals surface area contributed by atoms with E-state index in [4.69, 9.17) is 11.6 Å². The molecule has 2 amide bonds. The Bertz CT molecular complexity index is 1680. The Balaban J connectivity index is 1.79. The average molecular weight is 664 g/mol. The van der Waals surface area contributed by atoms with Gasteiger partial charge in [0.25, 0.3) is 10.0 Å². The lowest BCUT2D eigenvalue weighted by molar-refractivity contribution is -0.140. The topological polar surface area (TPSA) is 86.8 Å². The summed E-state index contributed by atoms with van der Waals surface area (Å²) in [6.45, 7) is 3.85. The fourth-order valence-corrected chi connectivity index (χ4v) is 6.90. The molecule has 0 aliphatic carbocycles. The van der Waals surface area contributed by atoms with Crippen LogP contribution >= 0.6 is 23.4 Å². The van der Waals surface area contributed by atoms with Crippen LogP contribution in [0.2, 0.25) is 5.02 Å². The summed E-state index contributed by atoms with van der Waals surface area (Å²) < 4.78 is 29.5. The number of halogens is 1. The van der Waals surface area contributed by atoms with Crippen molar-refractivity contribution in [3.63, 3.8) is 0 Å². The minimum Gasteiger partial charge on any atom is -0.354 e. The summed E-state index contributed by atoms with van der Waals surface area (Å²) in [5, 5.41) is 3.44. The Kier molecular flexibility index (Phi) is 12.1. The molecule has 1 N–H and O–H groups in total. The molecule has 0 aromatic heterocycles. The van der Waals surface area contributed by atoms with Crippen LogP contribution in [0.1, 0.15) is 30.0 Å². The van der Waals surface area contributed by atoms with E-state index in [9.17, 15) is 18.0 Å². The normalized spacial score (nSPS) is 11.9. The molecule has 0 heterocycles. The van der Waals surface area contributed by atoms with Crippen molar-refractivity contribution in [1.29, 1.82) is 0 Å². The minimum atomic E-state index is -4.16. The second-order valence-electron chi connectivity index (χ2n) is 10.7. The highest BCUT2D eigenvalue weighted by Gasteiger charge is 2.34. The smallest absolute Gasteiger partial charge is 0.264 e. The molecular weight excluding hydrogens is 626 g/mol. The zero-order chi connectivity index (χ0) is 32.4. The van der Waals surface area contributed by atoms with Gasteiger partial charge in [0.05, 0.1) is 10.6 Å². The number of nitrogens with one attached hydrogen (secondary N) is 1. The van der Waals surface area contributed by atoms with Crippen molar-refractivity contribution in [1.82, 2.24) is 10.2 Å². The monoisotopic (exact) mass is 663 g/mol. The van der Waals surface area contributed by atoms with Gasteiger partial charge in [-0.3, -0.25) is 13.9 Å². The summed E-state index contributed by atoms with van der Waals surface area (Å²) in [4.78, 5) is 30.6. The van der Waals surface area contributed by atoms with Crippen molar-refractivity contribution in [2.24, 2.45) is 0 Å². The molecule has 236 valence electrons. The Morgan fingerprint density at radius 3 is 2.18 bits per heavy atom. The second kappa shape index (κ2) is 16.0. The third kappa shape index (κ3) is 9.12. The quantitative estimate of drug-likeness (QED) is 0.151. The number of benzene rings is 4. The van der Waals surface area contributed by atoms with Gasteiger partial charge in [-0.1, -0.05) is 78.7 Å². The Morgan fingerprint density at radius 1 is 0.889 bits per heavy atom. The minimum absolute atomic E-state index is 0.0562. The van der Waals surface area contributed by atoms with Crippen LogP contribution in [0.5, 0.6) is 0 Å². The first-order valence-electron chi connectivity index (χ1n) is 14.7. The number of aryl methyl sites for hydroxylation is 1. The molecule has 4 aromatic rings. The number of sulfonamides is 1. The molecule has 0 saturated carbocycles. The molecule has 0 bridgehead atoms. The number of hydrogen-bond donors (Lipinski definition) is 1. The number of thioether (sulfide) groups is 1. The lowest BCUT2D eigenvalue weighted by atomic mass is 10.0. The van der Waals surface area contributed by atoms with Gasteiger partial charge >= 0.3 is 0 Å². The molecule has 4 aromatic carbocycles. The van der Waals surface area contributed by atoms with Crippen molar-refractivity contribution in [3.8, 4) is 0 Å². The van der Waals surface area contributed by atoms with E-state index >= 15 is 0 Å². The number of nitrogens with zero attached hydrogens (tertiary/aromatic N) is 2. The first-order valence-corrected chi connectivity index (χ1v) is 17.8. The SMILES string of the molecule is CCCNC(=O)[C@H](Cc1ccccc1)N(Cc1cccc(Cl)c1)C(=O)CN(c1ccc(C)cc1)S(=O)(=O)c1ccc(SC)cc1. The molecule has 1 atom stereocenters. The summed E-state index contributed by atoms with van der Waals surface area (Å²) in [7, 11) is -4.16. The van der Waals surface area contributed by atoms with Gasteiger partial charge < -0.3 is 10.2 Å². The van der Waals surface area contributed by atoms with Crippen LogP contribution in [-0.4, -0.2) is 50.5 Å². The van der Waals surface area contributed by atoms with Crippen LogP contribution in [0.25, 0.3) is 0 Å². The van der Waals surface area contributed by atoms with E-state index in [2.05, 4.69) is 5.32 Å². The zero-order valence-corrected chi connectivity index (χ0v) is 28.0. The number of rotatable bonds is 14. The molecule has 0 fully saturated rings. The van der Waals surface area contributed by atoms with Gasteiger partial charge in [-0.2, -0.15) is 0 Å². The maximum absolute atomic E-state index is 14.5. The molecule has 0 aliphatic heterocycles. The van der Waals surface area contributed by atoms with Gasteiger partial charge in [0.1, 0.15) is 12.6 Å². The van der Waals surface area contributed by atoms with Gasteiger partial charge in [0, 0.05) is 29.4 Å². The molecule has 0 saturated heterocycles. The standard InChI is InChI=1S/C35H38ClN3O4S2/c1-4-21-37-35(41)33(23-27-9-6-5-7-10-27)38(24-28-11-8-12-29(36)22-28)34(40)25-39(30-15-13-26(2)14-16-30)45(42,43)32-19-17-31(44-3)18-20-32/h5-20,22,33H,4,21,23-25H2,1-3H3,(H,37,41)/t33-/m0/s1. The first-order chi connectivity index (χ1) is 21.6. The highest BCUT2D eigenvalue weighted by atomic mass is 35.5. The van der Waals surface area contributed by atoms with Gasteiger partial charge in [-0.05, 0) is 79.3 Å². The molecule has 0 aliphatic rings. The van der Waals surface area contributed by atoms with Crippen molar-refractivity contribution < 1.29 is 18.0 Å². The third-order valence-electron chi connectivity index (χ3n) is 7.31. The van der Waals surface area contributed by atoms with E-state index in [0.29, 0.717) is 17.3 Å². The lowest BCUT2D eigenvalue weighted by Gasteiger charge is -2.34. The second-order valence-corrected chi connectivity index (χ2v) is 13.8. The highest BCUT2D eigenvalue weighted by molar-refractivity contribution is 7.98. The van der Waals surface area contributed by atoms with E-state index in [1.165, 1.54) is 16.7 Å². The molecule has 0 radical (unpaired) electrons. The highest BCUT2D eigenvalue weighted by Crippen LogP contribution is 2.27. The van der Waals surface area contributed by atoms with Gasteiger partial charge in [0.2, 0.25) is 11.8 Å². The van der Waals surface area contributed by atoms with Crippen molar-refractivity contribution in [2.45, 2.75) is 49.1 Å². The van der Waals surface area contributed by atoms with Gasteiger partial charge in [-0.15, -0.1) is 11.8 Å². The number of carbonyl (C=O) groups excluding carboxylic acids is 2. The van der Waals surface area contributed by atoms with Crippen LogP contribution in [0.4, 0.5) is 5.69 Å². The van der Waals surface area contributed by atoms with Crippen LogP contribution in [0.3, 0.4) is 0 Å². The molecule has 10 heteroatoms. The van der Waals surface area contributed by atoms with E-state index < -0.39 is 28.5 Å². The molecule has 4 rings (SSSR count). The number of amides is 2. The summed E-state index contributed by atoms with van der Waals surface area (Å²) in [5.41, 5.74) is 2.88. The summed E-state index contributed by atoms with van der Waals surface area (Å²) in [6, 6.07) is 29.2. The summed E-state index contributed by atoms with van der Waals surface area (Å²) >= 11 is 7.81. The molecule has 7 nitrogen and oxygen atoms in total. The molecule has 0 spiro atoms. The van der Waals surface area contributed by atoms with Gasteiger partial charge in [-0.25, -0.2) is 8.42 Å².